The van der Waals surface area contributed by atoms with Crippen LogP contribution < -0.4 is 10.1 Å². The van der Waals surface area contributed by atoms with Crippen LogP contribution >= 0.6 is 0 Å². The highest BCUT2D eigenvalue weighted by Crippen LogP contribution is 2.28. The van der Waals surface area contributed by atoms with E-state index in [2.05, 4.69) is 36.3 Å². The van der Waals surface area contributed by atoms with E-state index in [4.69, 9.17) is 4.74 Å². The molecule has 104 valence electrons. The van der Waals surface area contributed by atoms with E-state index in [1.54, 1.807) is 6.20 Å². The number of nitrogens with zero attached hydrogens (tertiary/aromatic N) is 1. The molecular formula is C17H20N2O. The number of hydrogen-bond acceptors (Lipinski definition) is 3. The van der Waals surface area contributed by atoms with Crippen molar-refractivity contribution in [3.05, 3.63) is 53.2 Å². The average molecular weight is 268 g/mol. The van der Waals surface area contributed by atoms with Crippen LogP contribution in [-0.2, 0) is 6.54 Å². The Balaban J connectivity index is 1.80. The Kier molecular flexibility index (Phi) is 3.70. The summed E-state index contributed by atoms with van der Waals surface area (Å²) in [7, 11) is 0. The van der Waals surface area contributed by atoms with Crippen LogP contribution in [0.3, 0.4) is 0 Å². The Morgan fingerprint density at radius 1 is 1.20 bits per heavy atom. The van der Waals surface area contributed by atoms with E-state index in [1.165, 1.54) is 24.0 Å². The fourth-order valence-corrected chi connectivity index (χ4v) is 2.13. The van der Waals surface area contributed by atoms with Gasteiger partial charge >= 0.3 is 0 Å². The van der Waals surface area contributed by atoms with Crippen molar-refractivity contribution in [1.29, 1.82) is 0 Å². The van der Waals surface area contributed by atoms with Gasteiger partial charge in [-0.1, -0.05) is 18.2 Å². The third-order valence-corrected chi connectivity index (χ3v) is 3.77. The fourth-order valence-electron chi connectivity index (χ4n) is 2.13. The van der Waals surface area contributed by atoms with Crippen molar-refractivity contribution >= 4 is 0 Å². The van der Waals surface area contributed by atoms with Gasteiger partial charge in [-0.3, -0.25) is 0 Å². The molecule has 1 aromatic heterocycles. The van der Waals surface area contributed by atoms with Gasteiger partial charge in [0.05, 0.1) is 0 Å². The van der Waals surface area contributed by atoms with Gasteiger partial charge in [-0.05, 0) is 49.9 Å². The number of hydrogen-bond donors (Lipinski definition) is 1. The molecule has 0 spiro atoms. The highest BCUT2D eigenvalue weighted by molar-refractivity contribution is 5.41. The zero-order valence-corrected chi connectivity index (χ0v) is 12.0. The third-order valence-electron chi connectivity index (χ3n) is 3.77. The van der Waals surface area contributed by atoms with Crippen molar-refractivity contribution in [1.82, 2.24) is 10.3 Å². The average Bonchev–Trinajstić information content (AvgIpc) is 3.27. The zero-order valence-electron chi connectivity index (χ0n) is 12.0. The van der Waals surface area contributed by atoms with Crippen LogP contribution in [0.25, 0.3) is 0 Å². The van der Waals surface area contributed by atoms with Crippen molar-refractivity contribution in [2.75, 3.05) is 0 Å². The number of benzene rings is 1. The van der Waals surface area contributed by atoms with Crippen LogP contribution in [0.15, 0.2) is 36.5 Å². The van der Waals surface area contributed by atoms with Crippen LogP contribution in [0.5, 0.6) is 11.6 Å². The maximum absolute atomic E-state index is 6.02. The largest absolute Gasteiger partial charge is 0.438 e. The number of aryl methyl sites for hydroxylation is 1. The maximum Gasteiger partial charge on any atom is 0.223 e. The summed E-state index contributed by atoms with van der Waals surface area (Å²) in [6.45, 7) is 4.99. The quantitative estimate of drug-likeness (QED) is 0.897. The van der Waals surface area contributed by atoms with Gasteiger partial charge in [0.2, 0.25) is 5.88 Å². The second-order valence-electron chi connectivity index (χ2n) is 5.42. The lowest BCUT2D eigenvalue weighted by Gasteiger charge is -2.13. The van der Waals surface area contributed by atoms with Crippen LogP contribution in [0, 0.1) is 13.8 Å². The molecule has 3 rings (SSSR count). The number of pyridine rings is 1. The highest BCUT2D eigenvalue weighted by Gasteiger charge is 2.20. The molecule has 1 aliphatic rings. The van der Waals surface area contributed by atoms with Gasteiger partial charge < -0.3 is 10.1 Å². The highest BCUT2D eigenvalue weighted by atomic mass is 16.5. The minimum atomic E-state index is 0.684. The third kappa shape index (κ3) is 2.99. The van der Waals surface area contributed by atoms with E-state index >= 15 is 0 Å². The molecule has 2 aromatic rings. The number of nitrogens with one attached hydrogen (secondary N) is 1. The lowest BCUT2D eigenvalue weighted by molar-refractivity contribution is 0.449. The zero-order chi connectivity index (χ0) is 13.9. The second-order valence-corrected chi connectivity index (χ2v) is 5.42. The van der Waals surface area contributed by atoms with E-state index < -0.39 is 0 Å². The predicted octanol–water partition coefficient (Wildman–Crippen LogP) is 3.74. The van der Waals surface area contributed by atoms with E-state index in [0.717, 1.165) is 17.9 Å². The first-order valence-corrected chi connectivity index (χ1v) is 7.15. The molecule has 1 saturated carbocycles. The van der Waals surface area contributed by atoms with Crippen molar-refractivity contribution < 1.29 is 4.74 Å². The molecule has 3 heteroatoms. The molecule has 1 N–H and O–H groups in total. The molecule has 1 heterocycles. The summed E-state index contributed by atoms with van der Waals surface area (Å²) in [6, 6.07) is 10.8. The van der Waals surface area contributed by atoms with Gasteiger partial charge in [0, 0.05) is 24.3 Å². The minimum Gasteiger partial charge on any atom is -0.438 e. The van der Waals surface area contributed by atoms with E-state index in [9.17, 15) is 0 Å². The summed E-state index contributed by atoms with van der Waals surface area (Å²) in [4.78, 5) is 4.38. The lowest BCUT2D eigenvalue weighted by Crippen LogP contribution is -2.16. The van der Waals surface area contributed by atoms with Gasteiger partial charge in [-0.25, -0.2) is 4.98 Å². The molecule has 0 bridgehead atoms. The molecule has 1 fully saturated rings. The molecule has 1 aliphatic carbocycles. The first-order chi connectivity index (χ1) is 9.74. The SMILES string of the molecule is Cc1cccc(Oc2ncccc2CNC2CC2)c1C. The van der Waals surface area contributed by atoms with Gasteiger partial charge in [-0.15, -0.1) is 0 Å². The van der Waals surface area contributed by atoms with Gasteiger partial charge in [0.15, 0.2) is 0 Å². The Morgan fingerprint density at radius 3 is 2.85 bits per heavy atom. The van der Waals surface area contributed by atoms with Gasteiger partial charge in [0.25, 0.3) is 0 Å². The molecule has 0 unspecified atom stereocenters. The molecule has 0 radical (unpaired) electrons. The molecule has 1 aromatic carbocycles. The Hall–Kier alpha value is -1.87. The van der Waals surface area contributed by atoms with Crippen LogP contribution in [-0.4, -0.2) is 11.0 Å². The van der Waals surface area contributed by atoms with E-state index in [0.29, 0.717) is 11.9 Å². The molecule has 0 saturated heterocycles. The molecular weight excluding hydrogens is 248 g/mol. The topological polar surface area (TPSA) is 34.1 Å². The summed E-state index contributed by atoms with van der Waals surface area (Å²) in [5, 5.41) is 3.51. The van der Waals surface area contributed by atoms with Crippen molar-refractivity contribution in [2.24, 2.45) is 0 Å². The molecule has 0 atom stereocenters. The number of ether oxygens (including phenoxy) is 1. The second kappa shape index (κ2) is 5.63. The minimum absolute atomic E-state index is 0.684. The molecule has 20 heavy (non-hydrogen) atoms. The Labute approximate surface area is 120 Å². The Bertz CT molecular complexity index is 606. The van der Waals surface area contributed by atoms with Crippen molar-refractivity contribution in [3.8, 4) is 11.6 Å². The van der Waals surface area contributed by atoms with Gasteiger partial charge in [-0.2, -0.15) is 0 Å². The number of aromatic nitrogens is 1. The van der Waals surface area contributed by atoms with Crippen molar-refractivity contribution in [2.45, 2.75) is 39.3 Å². The Morgan fingerprint density at radius 2 is 2.05 bits per heavy atom. The summed E-state index contributed by atoms with van der Waals surface area (Å²) in [5.41, 5.74) is 3.51. The fraction of sp³-hybridized carbons (Fsp3) is 0.353. The molecule has 0 aliphatic heterocycles. The first-order valence-electron chi connectivity index (χ1n) is 7.15. The maximum atomic E-state index is 6.02. The number of rotatable bonds is 5. The summed E-state index contributed by atoms with van der Waals surface area (Å²) in [6.07, 6.45) is 4.35. The van der Waals surface area contributed by atoms with Gasteiger partial charge in [0.1, 0.15) is 5.75 Å². The summed E-state index contributed by atoms with van der Waals surface area (Å²) >= 11 is 0. The van der Waals surface area contributed by atoms with E-state index in [1.807, 2.05) is 18.2 Å². The first kappa shape index (κ1) is 13.1. The smallest absolute Gasteiger partial charge is 0.223 e. The normalized spacial score (nSPS) is 14.3. The summed E-state index contributed by atoms with van der Waals surface area (Å²) in [5.74, 6) is 1.59. The van der Waals surface area contributed by atoms with Crippen LogP contribution in [0.4, 0.5) is 0 Å². The molecule has 3 nitrogen and oxygen atoms in total. The predicted molar refractivity (Wildman–Crippen MR) is 80.1 cm³/mol. The monoisotopic (exact) mass is 268 g/mol. The summed E-state index contributed by atoms with van der Waals surface area (Å²) < 4.78 is 6.02. The van der Waals surface area contributed by atoms with Crippen LogP contribution in [0.1, 0.15) is 29.5 Å². The molecule has 0 amide bonds. The van der Waals surface area contributed by atoms with Crippen LogP contribution in [0.2, 0.25) is 0 Å². The van der Waals surface area contributed by atoms with Crippen molar-refractivity contribution in [3.63, 3.8) is 0 Å². The lowest BCUT2D eigenvalue weighted by atomic mass is 10.1. The van der Waals surface area contributed by atoms with E-state index in [-0.39, 0.29) is 0 Å². The standard InChI is InChI=1S/C17H20N2O/c1-12-5-3-7-16(13(12)2)20-17-14(6-4-10-18-17)11-19-15-8-9-15/h3-7,10,15,19H,8-9,11H2,1-2H3.